The Balaban J connectivity index is 1.51. The minimum Gasteiger partial charge on any atom is -0.376 e. The van der Waals surface area contributed by atoms with Crippen LogP contribution in [0, 0.1) is 0 Å². The number of carbonyl (C=O) groups is 1. The molecule has 27 heavy (non-hydrogen) atoms. The van der Waals surface area contributed by atoms with E-state index in [1.165, 1.54) is 0 Å². The molecule has 0 aliphatic carbocycles. The molecule has 144 valence electrons. The first-order valence-electron chi connectivity index (χ1n) is 9.56. The molecule has 6 nitrogen and oxygen atoms in total. The number of benzene rings is 1. The van der Waals surface area contributed by atoms with Gasteiger partial charge >= 0.3 is 6.03 Å². The molecule has 1 aromatic heterocycles. The van der Waals surface area contributed by atoms with Gasteiger partial charge in [0.1, 0.15) is 0 Å². The number of carbonyl (C=O) groups excluding carboxylic acids is 1. The molecule has 1 aromatic carbocycles. The fourth-order valence-corrected chi connectivity index (χ4v) is 3.26. The Morgan fingerprint density at radius 1 is 1.19 bits per heavy atom. The van der Waals surface area contributed by atoms with Crippen LogP contribution in [0.3, 0.4) is 0 Å². The average Bonchev–Trinajstić information content (AvgIpc) is 3.20. The van der Waals surface area contributed by atoms with Gasteiger partial charge in [-0.3, -0.25) is 4.79 Å². The van der Waals surface area contributed by atoms with E-state index in [9.17, 15) is 9.59 Å². The van der Waals surface area contributed by atoms with E-state index in [0.717, 1.165) is 25.0 Å². The maximum atomic E-state index is 12.7. The van der Waals surface area contributed by atoms with E-state index < -0.39 is 0 Å². The molecular formula is C21H27N3O3. The molecule has 1 atom stereocenters. The smallest absolute Gasteiger partial charge is 0.317 e. The molecule has 0 radical (unpaired) electrons. The lowest BCUT2D eigenvalue weighted by atomic mass is 10.2. The van der Waals surface area contributed by atoms with Crippen molar-refractivity contribution in [2.45, 2.75) is 38.5 Å². The highest BCUT2D eigenvalue weighted by atomic mass is 16.5. The lowest BCUT2D eigenvalue weighted by Crippen LogP contribution is -2.43. The van der Waals surface area contributed by atoms with Crippen molar-refractivity contribution in [1.29, 1.82) is 0 Å². The lowest BCUT2D eigenvalue weighted by molar-refractivity contribution is 0.0795. The standard InChI is InChI=1S/C21H27N3O3/c25-20-11-4-5-13-23(20)14-7-12-22-21(26)24(17-19-10-6-15-27-19)16-18-8-2-1-3-9-18/h1-5,8-9,11,13,19H,6-7,10,12,14-17H2,(H,22,26). The summed E-state index contributed by atoms with van der Waals surface area (Å²) in [4.78, 5) is 26.2. The lowest BCUT2D eigenvalue weighted by Gasteiger charge is -2.26. The van der Waals surface area contributed by atoms with Gasteiger partial charge in [-0.15, -0.1) is 0 Å². The number of nitrogens with one attached hydrogen (secondary N) is 1. The first kappa shape index (κ1) is 19.2. The number of aromatic nitrogens is 1. The molecule has 1 saturated heterocycles. The van der Waals surface area contributed by atoms with E-state index in [1.807, 2.05) is 41.3 Å². The highest BCUT2D eigenvalue weighted by Gasteiger charge is 2.22. The van der Waals surface area contributed by atoms with Crippen molar-refractivity contribution in [1.82, 2.24) is 14.8 Å². The topological polar surface area (TPSA) is 63.6 Å². The molecule has 0 bridgehead atoms. The van der Waals surface area contributed by atoms with Crippen LogP contribution in [0.15, 0.2) is 59.5 Å². The third-order valence-corrected chi connectivity index (χ3v) is 4.70. The van der Waals surface area contributed by atoms with Gasteiger partial charge in [-0.05, 0) is 30.9 Å². The fourth-order valence-electron chi connectivity index (χ4n) is 3.26. The van der Waals surface area contributed by atoms with Crippen LogP contribution in [0.2, 0.25) is 0 Å². The highest BCUT2D eigenvalue weighted by Crippen LogP contribution is 2.15. The number of hydrogen-bond donors (Lipinski definition) is 1. The summed E-state index contributed by atoms with van der Waals surface area (Å²) in [6.07, 6.45) is 4.63. The van der Waals surface area contributed by atoms with Crippen molar-refractivity contribution >= 4 is 6.03 Å². The van der Waals surface area contributed by atoms with Crippen molar-refractivity contribution in [3.05, 3.63) is 70.6 Å². The summed E-state index contributed by atoms with van der Waals surface area (Å²) < 4.78 is 7.36. The number of rotatable bonds is 8. The van der Waals surface area contributed by atoms with E-state index in [2.05, 4.69) is 5.32 Å². The Bertz CT molecular complexity index is 769. The van der Waals surface area contributed by atoms with Crippen LogP contribution in [0.5, 0.6) is 0 Å². The van der Waals surface area contributed by atoms with Gasteiger partial charge in [0.15, 0.2) is 0 Å². The summed E-state index contributed by atoms with van der Waals surface area (Å²) in [6.45, 7) is 3.04. The number of nitrogens with zero attached hydrogens (tertiary/aromatic N) is 2. The van der Waals surface area contributed by atoms with Crippen LogP contribution in [0.1, 0.15) is 24.8 Å². The number of urea groups is 1. The third kappa shape index (κ3) is 5.96. The SMILES string of the molecule is O=C(NCCCn1ccccc1=O)N(Cc1ccccc1)CC1CCCO1. The molecule has 1 N–H and O–H groups in total. The van der Waals surface area contributed by atoms with E-state index in [-0.39, 0.29) is 17.7 Å². The van der Waals surface area contributed by atoms with Crippen molar-refractivity contribution in [2.24, 2.45) is 0 Å². The Labute approximate surface area is 159 Å². The Kier molecular flexibility index (Phi) is 7.04. The zero-order valence-electron chi connectivity index (χ0n) is 15.5. The number of ether oxygens (including phenoxy) is 1. The third-order valence-electron chi connectivity index (χ3n) is 4.70. The molecule has 3 rings (SSSR count). The van der Waals surface area contributed by atoms with E-state index >= 15 is 0 Å². The Hall–Kier alpha value is -2.60. The van der Waals surface area contributed by atoms with Gasteiger partial charge in [0.2, 0.25) is 5.56 Å². The van der Waals surface area contributed by atoms with Crippen molar-refractivity contribution in [2.75, 3.05) is 19.7 Å². The molecule has 0 spiro atoms. The van der Waals surface area contributed by atoms with Crippen LogP contribution in [0.4, 0.5) is 4.79 Å². The van der Waals surface area contributed by atoms with Crippen LogP contribution < -0.4 is 10.9 Å². The van der Waals surface area contributed by atoms with Gasteiger partial charge in [0, 0.05) is 45.0 Å². The van der Waals surface area contributed by atoms with Crippen molar-refractivity contribution < 1.29 is 9.53 Å². The van der Waals surface area contributed by atoms with Crippen molar-refractivity contribution in [3.63, 3.8) is 0 Å². The summed E-state index contributed by atoms with van der Waals surface area (Å²) in [6, 6.07) is 15.0. The second-order valence-corrected chi connectivity index (χ2v) is 6.82. The predicted molar refractivity (Wildman–Crippen MR) is 105 cm³/mol. The second-order valence-electron chi connectivity index (χ2n) is 6.82. The summed E-state index contributed by atoms with van der Waals surface area (Å²) in [7, 11) is 0. The van der Waals surface area contributed by atoms with Gasteiger partial charge in [-0.1, -0.05) is 36.4 Å². The number of aryl methyl sites for hydroxylation is 1. The summed E-state index contributed by atoms with van der Waals surface area (Å²) >= 11 is 0. The number of pyridine rings is 1. The molecule has 1 unspecified atom stereocenters. The molecular weight excluding hydrogens is 342 g/mol. The molecule has 2 amide bonds. The maximum absolute atomic E-state index is 12.7. The first-order chi connectivity index (χ1) is 13.2. The van der Waals surface area contributed by atoms with Gasteiger partial charge in [0.05, 0.1) is 6.10 Å². The normalized spacial score (nSPS) is 16.2. The van der Waals surface area contributed by atoms with Crippen LogP contribution in [0.25, 0.3) is 0 Å². The molecule has 2 aromatic rings. The monoisotopic (exact) mass is 369 g/mol. The quantitative estimate of drug-likeness (QED) is 0.728. The molecule has 1 aliphatic rings. The predicted octanol–water partition coefficient (Wildman–Crippen LogP) is 2.63. The van der Waals surface area contributed by atoms with Crippen LogP contribution in [-0.2, 0) is 17.8 Å². The highest BCUT2D eigenvalue weighted by molar-refractivity contribution is 5.74. The zero-order valence-corrected chi connectivity index (χ0v) is 15.5. The average molecular weight is 369 g/mol. The van der Waals surface area contributed by atoms with Gasteiger partial charge < -0.3 is 19.5 Å². The van der Waals surface area contributed by atoms with Crippen LogP contribution in [-0.4, -0.2) is 41.3 Å². The molecule has 6 heteroatoms. The molecule has 2 heterocycles. The molecule has 1 aliphatic heterocycles. The van der Waals surface area contributed by atoms with E-state index in [4.69, 9.17) is 4.74 Å². The van der Waals surface area contributed by atoms with Gasteiger partial charge in [-0.2, -0.15) is 0 Å². The minimum atomic E-state index is -0.0882. The Morgan fingerprint density at radius 3 is 2.74 bits per heavy atom. The summed E-state index contributed by atoms with van der Waals surface area (Å²) in [5.74, 6) is 0. The van der Waals surface area contributed by atoms with Crippen LogP contribution >= 0.6 is 0 Å². The molecule has 0 saturated carbocycles. The van der Waals surface area contributed by atoms with Gasteiger partial charge in [0.25, 0.3) is 0 Å². The zero-order chi connectivity index (χ0) is 18.9. The first-order valence-corrected chi connectivity index (χ1v) is 9.56. The number of amides is 2. The number of hydrogen-bond acceptors (Lipinski definition) is 3. The van der Waals surface area contributed by atoms with E-state index in [1.54, 1.807) is 22.9 Å². The van der Waals surface area contributed by atoms with Crippen molar-refractivity contribution in [3.8, 4) is 0 Å². The fraction of sp³-hybridized carbons (Fsp3) is 0.429. The largest absolute Gasteiger partial charge is 0.376 e. The Morgan fingerprint density at radius 2 is 2.00 bits per heavy atom. The minimum absolute atomic E-state index is 0.0205. The summed E-state index contributed by atoms with van der Waals surface area (Å²) in [5, 5.41) is 2.98. The van der Waals surface area contributed by atoms with E-state index in [0.29, 0.717) is 32.6 Å². The second kappa shape index (κ2) is 9.92. The summed E-state index contributed by atoms with van der Waals surface area (Å²) in [5.41, 5.74) is 1.08. The van der Waals surface area contributed by atoms with Gasteiger partial charge in [-0.25, -0.2) is 4.79 Å². The maximum Gasteiger partial charge on any atom is 0.317 e. The molecule has 1 fully saturated rings.